The van der Waals surface area contributed by atoms with E-state index in [-0.39, 0.29) is 54.4 Å². The predicted molar refractivity (Wildman–Crippen MR) is 310 cm³/mol. The molecule has 0 fully saturated rings. The second-order valence-electron chi connectivity index (χ2n) is 20.8. The summed E-state index contributed by atoms with van der Waals surface area (Å²) in [5, 5.41) is 0. The normalized spacial score (nSPS) is 14.6. The molecule has 0 aliphatic carbocycles. The summed E-state index contributed by atoms with van der Waals surface area (Å²) in [5.41, 5.74) is 12.6. The van der Waals surface area contributed by atoms with Gasteiger partial charge in [-0.3, -0.25) is 0 Å². The van der Waals surface area contributed by atoms with Gasteiger partial charge in [0.1, 0.15) is 5.82 Å². The Morgan fingerprint density at radius 2 is 1.09 bits per heavy atom. The summed E-state index contributed by atoms with van der Waals surface area (Å²) in [6.45, 7) is 16.7. The molecule has 5 nitrogen and oxygen atoms in total. The Kier molecular flexibility index (Phi) is 10.1. The Bertz CT molecular complexity index is 4170. The summed E-state index contributed by atoms with van der Waals surface area (Å²) in [5.74, 6) is 0.730. The van der Waals surface area contributed by atoms with Gasteiger partial charge in [0.25, 0.3) is 0 Å². The van der Waals surface area contributed by atoms with E-state index in [1.54, 1.807) is 19.1 Å². The first-order valence-electron chi connectivity index (χ1n) is 29.8. The first kappa shape index (κ1) is 38.6. The maximum absolute atomic E-state index is 9.30. The molecule has 0 saturated heterocycles. The van der Waals surface area contributed by atoms with E-state index in [2.05, 4.69) is 142 Å². The molecule has 0 radical (unpaired) electrons. The van der Waals surface area contributed by atoms with Crippen molar-refractivity contribution in [2.24, 2.45) is 0 Å². The van der Waals surface area contributed by atoms with Crippen LogP contribution in [0, 0.1) is 25.7 Å². The molecule has 10 aromatic rings. The fourth-order valence-corrected chi connectivity index (χ4v) is 10.1. The standard InChI is InChI=1S/C69H58N5.Pt/c1-47-39-60(48-23-11-8-12-24-48)67(61(40-47)49-25-13-9-14-26-49)72-46-71(62-31-19-20-32-63(62)72)54-41-51(69(5,6)7)42-55(44-54)73(52-27-15-10-16-28-52)53-35-37-59-57-30-18-17-29-56(57)58-36-34-50(68(2,3)4)43-64(58)74(65(59)45-53)66-33-21-22-38-70-66;/h8-43,46H,1-7H3;/q-3;/i8D,9D,11D,12D,13D,14D,23D,24D,25D,26D;. The van der Waals surface area contributed by atoms with Crippen LogP contribution < -0.4 is 19.6 Å². The number of aryl methyl sites for hydroxylation is 1. The molecule has 372 valence electrons. The fraction of sp³-hybridized carbons (Fsp3) is 0.130. The van der Waals surface area contributed by atoms with Crippen molar-refractivity contribution in [2.45, 2.75) is 59.3 Å². The molecule has 6 heteroatoms. The summed E-state index contributed by atoms with van der Waals surface area (Å²) in [6, 6.07) is 53.6. The molecule has 0 unspecified atom stereocenters. The topological polar surface area (TPSA) is 25.9 Å². The van der Waals surface area contributed by atoms with Gasteiger partial charge in [0.05, 0.1) is 19.4 Å². The van der Waals surface area contributed by atoms with Gasteiger partial charge in [0, 0.05) is 66.7 Å². The van der Waals surface area contributed by atoms with E-state index in [0.717, 1.165) is 56.4 Å². The van der Waals surface area contributed by atoms with Crippen LogP contribution in [0.25, 0.3) is 44.5 Å². The molecule has 75 heavy (non-hydrogen) atoms. The van der Waals surface area contributed by atoms with Crippen LogP contribution in [0.1, 0.15) is 71.9 Å². The molecule has 12 rings (SSSR count). The number of hydrogen-bond donors (Lipinski definition) is 0. The Labute approximate surface area is 471 Å². The largest absolute Gasteiger partial charge is 0.493 e. The van der Waals surface area contributed by atoms with E-state index in [0.29, 0.717) is 28.3 Å². The molecule has 0 N–H and O–H groups in total. The fourth-order valence-electron chi connectivity index (χ4n) is 10.1. The minimum Gasteiger partial charge on any atom is -0.493 e. The van der Waals surface area contributed by atoms with Crippen molar-refractivity contribution in [3.8, 4) is 44.5 Å². The summed E-state index contributed by atoms with van der Waals surface area (Å²) in [7, 11) is 0. The van der Waals surface area contributed by atoms with Gasteiger partial charge in [-0.25, -0.2) is 4.98 Å². The van der Waals surface area contributed by atoms with Crippen molar-refractivity contribution in [3.05, 3.63) is 254 Å². The van der Waals surface area contributed by atoms with Gasteiger partial charge in [0.15, 0.2) is 0 Å². The van der Waals surface area contributed by atoms with Crippen LogP contribution in [-0.2, 0) is 31.9 Å². The zero-order valence-corrected chi connectivity index (χ0v) is 44.9. The Morgan fingerprint density at radius 1 is 0.507 bits per heavy atom. The first-order chi connectivity index (χ1) is 40.0. The molecule has 2 aliphatic heterocycles. The molecule has 9 aromatic carbocycles. The van der Waals surface area contributed by atoms with Crippen molar-refractivity contribution >= 4 is 57.0 Å². The monoisotopic (exact) mass is 1160 g/mol. The Hall–Kier alpha value is -7.98. The van der Waals surface area contributed by atoms with E-state index in [4.69, 9.17) is 13.2 Å². The third-order valence-corrected chi connectivity index (χ3v) is 13.8. The average Bonchev–Trinajstić information content (AvgIpc) is 2.17. The second-order valence-corrected chi connectivity index (χ2v) is 20.8. The van der Waals surface area contributed by atoms with Gasteiger partial charge in [-0.15, -0.1) is 53.8 Å². The number of nitrogens with zero attached hydrogens (tertiary/aromatic N) is 5. The minimum atomic E-state index is -0.563. The number of para-hydroxylation sites is 3. The van der Waals surface area contributed by atoms with E-state index in [9.17, 15) is 5.48 Å². The number of fused-ring (bicyclic) bond motifs is 6. The van der Waals surface area contributed by atoms with Crippen LogP contribution in [0.15, 0.2) is 218 Å². The maximum atomic E-state index is 9.30. The van der Waals surface area contributed by atoms with Crippen LogP contribution >= 0.6 is 0 Å². The molecule has 3 heterocycles. The molecule has 0 spiro atoms. The van der Waals surface area contributed by atoms with Crippen LogP contribution in [0.4, 0.5) is 57.0 Å². The summed E-state index contributed by atoms with van der Waals surface area (Å²) in [6.07, 6.45) is 1.81. The van der Waals surface area contributed by atoms with E-state index >= 15 is 0 Å². The minimum absolute atomic E-state index is 0. The molecule has 0 saturated carbocycles. The van der Waals surface area contributed by atoms with Crippen molar-refractivity contribution < 1.29 is 34.8 Å². The molecule has 2 aliphatic rings. The van der Waals surface area contributed by atoms with Crippen molar-refractivity contribution in [2.75, 3.05) is 19.6 Å². The van der Waals surface area contributed by atoms with Crippen LogP contribution in [0.5, 0.6) is 0 Å². The third kappa shape index (κ3) is 9.14. The zero-order valence-electron chi connectivity index (χ0n) is 52.6. The van der Waals surface area contributed by atoms with Crippen molar-refractivity contribution in [1.82, 2.24) is 4.98 Å². The third-order valence-electron chi connectivity index (χ3n) is 13.8. The Morgan fingerprint density at radius 3 is 1.72 bits per heavy atom. The second kappa shape index (κ2) is 19.7. The predicted octanol–water partition coefficient (Wildman–Crippen LogP) is 18.9. The molecular formula is C69H58N5Pt-3. The quantitative estimate of drug-likeness (QED) is 0.141. The number of rotatable bonds is 8. The van der Waals surface area contributed by atoms with Gasteiger partial charge in [-0.05, 0) is 100 Å². The zero-order chi connectivity index (χ0) is 59.4. The summed E-state index contributed by atoms with van der Waals surface area (Å²) in [4.78, 5) is 13.2. The number of pyridine rings is 1. The number of anilines is 10. The smallest absolute Gasteiger partial charge is 0.135 e. The van der Waals surface area contributed by atoms with Crippen molar-refractivity contribution in [3.63, 3.8) is 0 Å². The molecule has 0 atom stereocenters. The number of aromatic nitrogens is 1. The average molecular weight is 1160 g/mol. The van der Waals surface area contributed by atoms with Crippen LogP contribution in [-0.4, -0.2) is 4.98 Å². The van der Waals surface area contributed by atoms with E-state index in [1.807, 2.05) is 83.3 Å². The van der Waals surface area contributed by atoms with Gasteiger partial charge < -0.3 is 19.6 Å². The molecule has 0 amide bonds. The van der Waals surface area contributed by atoms with Gasteiger partial charge in [-0.2, -0.15) is 6.07 Å². The maximum Gasteiger partial charge on any atom is 0.135 e. The molecular weight excluding hydrogens is 1090 g/mol. The number of benzene rings is 9. The van der Waals surface area contributed by atoms with E-state index < -0.39 is 65.8 Å². The van der Waals surface area contributed by atoms with Crippen molar-refractivity contribution in [1.29, 1.82) is 0 Å². The molecule has 1 aromatic heterocycles. The molecule has 0 bridgehead atoms. The van der Waals surface area contributed by atoms with Crippen LogP contribution in [0.3, 0.4) is 0 Å². The van der Waals surface area contributed by atoms with E-state index in [1.165, 1.54) is 5.56 Å². The first-order valence-corrected chi connectivity index (χ1v) is 24.8. The summed E-state index contributed by atoms with van der Waals surface area (Å²) >= 11 is 0. The van der Waals surface area contributed by atoms with Gasteiger partial charge >= 0.3 is 0 Å². The SMILES string of the molecule is [2H]c1c([2H])c([2H])c(-c2cc(C)cc(-c3c([2H])c([2H])c([2H])c([2H])c3[2H])c2N2[CH-]N(c3[c-]c(N(c4[c-]c5c(cc4)-c4ccccc4-c4ccc(C(C)(C)C)cc4N5c4ccccn4)c4ccccc4)cc(C(C)(C)C)c3)c3ccccc32)c([2H])c1[2H].[Pt]. The van der Waals surface area contributed by atoms with Crippen LogP contribution in [0.2, 0.25) is 0 Å². The Balaban J connectivity index is 0.00000752. The van der Waals surface area contributed by atoms with Gasteiger partial charge in [-0.1, -0.05) is 197 Å². The number of hydrogen-bond acceptors (Lipinski definition) is 5. The summed E-state index contributed by atoms with van der Waals surface area (Å²) < 4.78 is 89.5. The van der Waals surface area contributed by atoms with Gasteiger partial charge in [0.2, 0.25) is 0 Å².